The Hall–Kier alpha value is -2.10. The van der Waals surface area contributed by atoms with Gasteiger partial charge in [0.2, 0.25) is 5.91 Å². The topological polar surface area (TPSA) is 38.1 Å². The summed E-state index contributed by atoms with van der Waals surface area (Å²) in [6, 6.07) is 8.83. The minimum atomic E-state index is 0.262. The maximum atomic E-state index is 12.8. The molecule has 0 bridgehead atoms. The standard InChI is InChI=1S/C19H23N3O/c23-19(13-15-7-8-16-4-1-5-17(16)12-15)22-11-2-6-18(22)14-21-10-3-9-20-21/h3,7-10,12,18H,1-2,4-6,11,13-14H2. The van der Waals surface area contributed by atoms with Gasteiger partial charge in [-0.2, -0.15) is 5.10 Å². The van der Waals surface area contributed by atoms with E-state index < -0.39 is 0 Å². The van der Waals surface area contributed by atoms with Crippen molar-refractivity contribution < 1.29 is 4.79 Å². The molecule has 0 radical (unpaired) electrons. The molecular formula is C19H23N3O. The van der Waals surface area contributed by atoms with Crippen molar-refractivity contribution in [2.45, 2.75) is 51.1 Å². The van der Waals surface area contributed by atoms with Crippen molar-refractivity contribution in [1.82, 2.24) is 14.7 Å². The van der Waals surface area contributed by atoms with Gasteiger partial charge in [-0.05, 0) is 54.9 Å². The van der Waals surface area contributed by atoms with Gasteiger partial charge in [-0.25, -0.2) is 0 Å². The molecule has 1 unspecified atom stereocenters. The quantitative estimate of drug-likeness (QED) is 0.871. The van der Waals surface area contributed by atoms with Crippen LogP contribution in [0.4, 0.5) is 0 Å². The number of nitrogens with zero attached hydrogens (tertiary/aromatic N) is 3. The van der Waals surface area contributed by atoms with Gasteiger partial charge in [0.1, 0.15) is 0 Å². The van der Waals surface area contributed by atoms with Crippen molar-refractivity contribution in [1.29, 1.82) is 0 Å². The molecule has 1 amide bonds. The first-order chi connectivity index (χ1) is 11.3. The van der Waals surface area contributed by atoms with Crippen LogP contribution in [0.5, 0.6) is 0 Å². The molecule has 1 fully saturated rings. The number of aryl methyl sites for hydroxylation is 2. The summed E-state index contributed by atoms with van der Waals surface area (Å²) in [6.07, 6.45) is 10.1. The average Bonchev–Trinajstić information content (AvgIpc) is 3.28. The Bertz CT molecular complexity index is 693. The predicted octanol–water partition coefficient (Wildman–Crippen LogP) is 2.61. The van der Waals surface area contributed by atoms with Gasteiger partial charge >= 0.3 is 0 Å². The van der Waals surface area contributed by atoms with Gasteiger partial charge in [-0.3, -0.25) is 9.48 Å². The number of amides is 1. The number of hydrogen-bond donors (Lipinski definition) is 0. The first-order valence-corrected chi connectivity index (χ1v) is 8.67. The van der Waals surface area contributed by atoms with Gasteiger partial charge in [-0.15, -0.1) is 0 Å². The Balaban J connectivity index is 1.43. The molecule has 0 saturated carbocycles. The summed E-state index contributed by atoms with van der Waals surface area (Å²) in [4.78, 5) is 14.8. The van der Waals surface area contributed by atoms with Crippen LogP contribution in [-0.4, -0.2) is 33.2 Å². The van der Waals surface area contributed by atoms with E-state index in [1.54, 1.807) is 6.20 Å². The number of hydrogen-bond acceptors (Lipinski definition) is 2. The van der Waals surface area contributed by atoms with Crippen LogP contribution >= 0.6 is 0 Å². The van der Waals surface area contributed by atoms with Crippen molar-refractivity contribution >= 4 is 5.91 Å². The van der Waals surface area contributed by atoms with E-state index in [1.807, 2.05) is 16.9 Å². The van der Waals surface area contributed by atoms with E-state index in [0.717, 1.165) is 25.9 Å². The van der Waals surface area contributed by atoms with Crippen LogP contribution in [0.3, 0.4) is 0 Å². The molecule has 0 N–H and O–H groups in total. The molecule has 1 aliphatic heterocycles. The van der Waals surface area contributed by atoms with E-state index in [-0.39, 0.29) is 11.9 Å². The zero-order valence-corrected chi connectivity index (χ0v) is 13.4. The lowest BCUT2D eigenvalue weighted by molar-refractivity contribution is -0.131. The Morgan fingerprint density at radius 3 is 3.00 bits per heavy atom. The highest BCUT2D eigenvalue weighted by atomic mass is 16.2. The van der Waals surface area contributed by atoms with Gasteiger partial charge < -0.3 is 4.90 Å². The lowest BCUT2D eigenvalue weighted by atomic mass is 10.0. The molecule has 23 heavy (non-hydrogen) atoms. The van der Waals surface area contributed by atoms with E-state index in [2.05, 4.69) is 28.2 Å². The summed E-state index contributed by atoms with van der Waals surface area (Å²) in [7, 11) is 0. The zero-order valence-electron chi connectivity index (χ0n) is 13.4. The second-order valence-electron chi connectivity index (χ2n) is 6.74. The summed E-state index contributed by atoms with van der Waals surface area (Å²) in [5.74, 6) is 0.262. The van der Waals surface area contributed by atoms with Gasteiger partial charge in [0.15, 0.2) is 0 Å². The predicted molar refractivity (Wildman–Crippen MR) is 89.1 cm³/mol. The summed E-state index contributed by atoms with van der Waals surface area (Å²) >= 11 is 0. The maximum absolute atomic E-state index is 12.8. The van der Waals surface area contributed by atoms with Crippen molar-refractivity contribution in [3.8, 4) is 0 Å². The van der Waals surface area contributed by atoms with E-state index in [4.69, 9.17) is 0 Å². The van der Waals surface area contributed by atoms with Gasteiger partial charge in [0.05, 0.1) is 19.0 Å². The normalized spacial score (nSPS) is 20.0. The Morgan fingerprint density at radius 2 is 2.13 bits per heavy atom. The van der Waals surface area contributed by atoms with E-state index in [1.165, 1.54) is 36.0 Å². The van der Waals surface area contributed by atoms with Gasteiger partial charge in [0.25, 0.3) is 0 Å². The third-order valence-electron chi connectivity index (χ3n) is 5.17. The van der Waals surface area contributed by atoms with Crippen LogP contribution in [0.25, 0.3) is 0 Å². The molecule has 2 aliphatic rings. The molecular weight excluding hydrogens is 286 g/mol. The smallest absolute Gasteiger partial charge is 0.227 e. The molecule has 1 aromatic heterocycles. The molecule has 4 rings (SSSR count). The summed E-state index contributed by atoms with van der Waals surface area (Å²) in [6.45, 7) is 1.69. The molecule has 1 aromatic carbocycles. The van der Waals surface area contributed by atoms with Crippen LogP contribution in [-0.2, 0) is 30.6 Å². The lowest BCUT2D eigenvalue weighted by Crippen LogP contribution is -2.39. The summed E-state index contributed by atoms with van der Waals surface area (Å²) in [5, 5.41) is 4.28. The first kappa shape index (κ1) is 14.5. The molecule has 4 heteroatoms. The highest BCUT2D eigenvalue weighted by molar-refractivity contribution is 5.79. The van der Waals surface area contributed by atoms with E-state index in [9.17, 15) is 4.79 Å². The second kappa shape index (κ2) is 6.19. The fourth-order valence-corrected chi connectivity index (χ4v) is 3.99. The summed E-state index contributed by atoms with van der Waals surface area (Å²) in [5.41, 5.74) is 4.09. The van der Waals surface area contributed by atoms with Crippen molar-refractivity contribution in [2.75, 3.05) is 6.54 Å². The SMILES string of the molecule is O=C(Cc1ccc2c(c1)CCC2)N1CCCC1Cn1cccn1. The molecule has 2 aromatic rings. The zero-order chi connectivity index (χ0) is 15.6. The molecule has 1 saturated heterocycles. The first-order valence-electron chi connectivity index (χ1n) is 8.67. The molecule has 2 heterocycles. The molecule has 0 spiro atoms. The van der Waals surface area contributed by atoms with E-state index in [0.29, 0.717) is 6.42 Å². The number of carbonyl (C=O) groups is 1. The Kier molecular flexibility index (Phi) is 3.90. The third kappa shape index (κ3) is 3.03. The largest absolute Gasteiger partial charge is 0.338 e. The number of likely N-dealkylation sites (tertiary alicyclic amines) is 1. The highest BCUT2D eigenvalue weighted by Gasteiger charge is 2.29. The van der Waals surface area contributed by atoms with Crippen molar-refractivity contribution in [3.63, 3.8) is 0 Å². The van der Waals surface area contributed by atoms with Gasteiger partial charge in [-0.1, -0.05) is 18.2 Å². The summed E-state index contributed by atoms with van der Waals surface area (Å²) < 4.78 is 1.94. The van der Waals surface area contributed by atoms with Crippen LogP contribution in [0.1, 0.15) is 36.0 Å². The number of benzene rings is 1. The van der Waals surface area contributed by atoms with E-state index >= 15 is 0 Å². The molecule has 1 aliphatic carbocycles. The van der Waals surface area contributed by atoms with Crippen molar-refractivity contribution in [3.05, 3.63) is 53.3 Å². The minimum Gasteiger partial charge on any atom is -0.338 e. The lowest BCUT2D eigenvalue weighted by Gasteiger charge is -2.25. The van der Waals surface area contributed by atoms with Crippen LogP contribution in [0.2, 0.25) is 0 Å². The highest BCUT2D eigenvalue weighted by Crippen LogP contribution is 2.24. The minimum absolute atomic E-state index is 0.262. The fourth-order valence-electron chi connectivity index (χ4n) is 3.99. The number of rotatable bonds is 4. The Morgan fingerprint density at radius 1 is 1.22 bits per heavy atom. The third-order valence-corrected chi connectivity index (χ3v) is 5.17. The average molecular weight is 309 g/mol. The number of aromatic nitrogens is 2. The maximum Gasteiger partial charge on any atom is 0.227 e. The molecule has 1 atom stereocenters. The van der Waals surface area contributed by atoms with Crippen LogP contribution in [0, 0.1) is 0 Å². The Labute approximate surface area is 137 Å². The number of fused-ring (bicyclic) bond motifs is 1. The van der Waals surface area contributed by atoms with Gasteiger partial charge in [0, 0.05) is 18.9 Å². The fraction of sp³-hybridized carbons (Fsp3) is 0.474. The molecule has 120 valence electrons. The van der Waals surface area contributed by atoms with Crippen LogP contribution in [0.15, 0.2) is 36.7 Å². The second-order valence-corrected chi connectivity index (χ2v) is 6.74. The monoisotopic (exact) mass is 309 g/mol. The molecule has 4 nitrogen and oxygen atoms in total. The van der Waals surface area contributed by atoms with Crippen molar-refractivity contribution in [2.24, 2.45) is 0 Å². The number of carbonyl (C=O) groups excluding carboxylic acids is 1. The van der Waals surface area contributed by atoms with Crippen LogP contribution < -0.4 is 0 Å².